The molecule has 2 heterocycles. The molecule has 1 aromatic carbocycles. The Morgan fingerprint density at radius 2 is 2.04 bits per heavy atom. The van der Waals surface area contributed by atoms with Crippen molar-refractivity contribution in [2.24, 2.45) is 0 Å². The molecule has 1 N–H and O–H groups in total. The molecule has 3 rings (SSSR count). The van der Waals surface area contributed by atoms with Crippen LogP contribution in [0.3, 0.4) is 0 Å². The largest absolute Gasteiger partial charge is 0.484 e. The van der Waals surface area contributed by atoms with Gasteiger partial charge < -0.3 is 14.8 Å². The number of hydrogen-bond donors (Lipinski definition) is 1. The van der Waals surface area contributed by atoms with Crippen LogP contribution >= 0.6 is 11.3 Å². The highest BCUT2D eigenvalue weighted by Crippen LogP contribution is 2.25. The lowest BCUT2D eigenvalue weighted by molar-refractivity contribution is -0.123. The number of aryl methyl sites for hydroxylation is 1. The molecule has 1 aromatic heterocycles. The molecule has 0 unspecified atom stereocenters. The summed E-state index contributed by atoms with van der Waals surface area (Å²) in [6, 6.07) is 12.1. The number of rotatable bonds is 7. The fourth-order valence-electron chi connectivity index (χ4n) is 2.82. The highest BCUT2D eigenvalue weighted by Gasteiger charge is 2.23. The van der Waals surface area contributed by atoms with Crippen molar-refractivity contribution in [1.82, 2.24) is 10.2 Å². The van der Waals surface area contributed by atoms with Gasteiger partial charge in [-0.1, -0.05) is 23.8 Å². The second kappa shape index (κ2) is 8.99. The van der Waals surface area contributed by atoms with Gasteiger partial charge in [-0.2, -0.15) is 0 Å². The van der Waals surface area contributed by atoms with Gasteiger partial charge in [0.2, 0.25) is 0 Å². The summed E-state index contributed by atoms with van der Waals surface area (Å²) in [5.74, 6) is 0.610. The van der Waals surface area contributed by atoms with E-state index >= 15 is 0 Å². The number of ether oxygens (including phenoxy) is 2. The topological polar surface area (TPSA) is 50.8 Å². The maximum atomic E-state index is 12.2. The van der Waals surface area contributed by atoms with Crippen LogP contribution in [0.5, 0.6) is 5.75 Å². The maximum absolute atomic E-state index is 12.2. The average Bonchev–Trinajstić information content (AvgIpc) is 3.17. The predicted molar refractivity (Wildman–Crippen MR) is 99.1 cm³/mol. The molecule has 2 aromatic rings. The van der Waals surface area contributed by atoms with Crippen LogP contribution in [-0.2, 0) is 9.53 Å². The summed E-state index contributed by atoms with van der Waals surface area (Å²) < 4.78 is 11.0. The van der Waals surface area contributed by atoms with E-state index in [4.69, 9.17) is 9.47 Å². The van der Waals surface area contributed by atoms with Gasteiger partial charge in [-0.3, -0.25) is 9.69 Å². The number of amides is 1. The SMILES string of the molecule is Cc1ccc(OCC(=O)NC[C@@H](c2cccs2)N2CCOCC2)cc1. The normalized spacial score (nSPS) is 16.4. The van der Waals surface area contributed by atoms with E-state index in [9.17, 15) is 4.79 Å². The number of morpholine rings is 1. The van der Waals surface area contributed by atoms with Crippen molar-refractivity contribution in [3.8, 4) is 5.75 Å². The van der Waals surface area contributed by atoms with Crippen LogP contribution < -0.4 is 10.1 Å². The van der Waals surface area contributed by atoms with E-state index in [1.165, 1.54) is 10.4 Å². The summed E-state index contributed by atoms with van der Waals surface area (Å²) >= 11 is 1.72. The maximum Gasteiger partial charge on any atom is 0.258 e. The van der Waals surface area contributed by atoms with Gasteiger partial charge in [0, 0.05) is 24.5 Å². The molecule has 0 aliphatic carbocycles. The third-order valence-electron chi connectivity index (χ3n) is 4.24. The van der Waals surface area contributed by atoms with Crippen molar-refractivity contribution in [2.45, 2.75) is 13.0 Å². The molecule has 1 fully saturated rings. The van der Waals surface area contributed by atoms with E-state index in [1.807, 2.05) is 31.2 Å². The third-order valence-corrected chi connectivity index (χ3v) is 5.22. The van der Waals surface area contributed by atoms with E-state index in [0.29, 0.717) is 12.3 Å². The summed E-state index contributed by atoms with van der Waals surface area (Å²) in [5.41, 5.74) is 1.17. The second-order valence-corrected chi connectivity index (χ2v) is 7.06. The molecular formula is C19H24N2O3S. The molecule has 1 saturated heterocycles. The fraction of sp³-hybridized carbons (Fsp3) is 0.421. The van der Waals surface area contributed by atoms with E-state index in [-0.39, 0.29) is 18.6 Å². The number of nitrogens with one attached hydrogen (secondary N) is 1. The smallest absolute Gasteiger partial charge is 0.258 e. The molecule has 6 heteroatoms. The molecule has 134 valence electrons. The van der Waals surface area contributed by atoms with Crippen LogP contribution in [0.15, 0.2) is 41.8 Å². The van der Waals surface area contributed by atoms with E-state index in [1.54, 1.807) is 11.3 Å². The van der Waals surface area contributed by atoms with Crippen molar-refractivity contribution in [2.75, 3.05) is 39.5 Å². The minimum atomic E-state index is -0.101. The minimum absolute atomic E-state index is 0.0311. The fourth-order valence-corrected chi connectivity index (χ4v) is 3.69. The molecule has 1 atom stereocenters. The van der Waals surface area contributed by atoms with Crippen molar-refractivity contribution >= 4 is 17.2 Å². The molecule has 25 heavy (non-hydrogen) atoms. The molecule has 5 nitrogen and oxygen atoms in total. The van der Waals surface area contributed by atoms with Crippen LogP contribution in [0.25, 0.3) is 0 Å². The zero-order valence-electron chi connectivity index (χ0n) is 14.4. The van der Waals surface area contributed by atoms with Gasteiger partial charge in [-0.15, -0.1) is 11.3 Å². The van der Waals surface area contributed by atoms with Gasteiger partial charge in [-0.25, -0.2) is 0 Å². The first-order chi connectivity index (χ1) is 12.2. The number of thiophene rings is 1. The Labute approximate surface area is 152 Å². The second-order valence-electron chi connectivity index (χ2n) is 6.09. The molecule has 1 amide bonds. The summed E-state index contributed by atoms with van der Waals surface area (Å²) in [4.78, 5) is 15.8. The standard InChI is InChI=1S/C19H24N2O3S/c1-15-4-6-16(7-5-15)24-14-19(22)20-13-17(18-3-2-12-25-18)21-8-10-23-11-9-21/h2-7,12,17H,8-11,13-14H2,1H3,(H,20,22)/t17-/m0/s1. The van der Waals surface area contributed by atoms with Gasteiger partial charge in [0.05, 0.1) is 19.3 Å². The van der Waals surface area contributed by atoms with E-state index in [0.717, 1.165) is 26.3 Å². The van der Waals surface area contributed by atoms with Crippen LogP contribution in [0, 0.1) is 6.92 Å². The summed E-state index contributed by atoms with van der Waals surface area (Å²) in [7, 11) is 0. The molecular weight excluding hydrogens is 336 g/mol. The molecule has 1 aliphatic rings. The Bertz CT molecular complexity index is 652. The van der Waals surface area contributed by atoms with Crippen molar-refractivity contribution in [1.29, 1.82) is 0 Å². The first-order valence-electron chi connectivity index (χ1n) is 8.54. The Balaban J connectivity index is 1.51. The predicted octanol–water partition coefficient (Wildman–Crippen LogP) is 2.63. The lowest BCUT2D eigenvalue weighted by Gasteiger charge is -2.34. The lowest BCUT2D eigenvalue weighted by Crippen LogP contribution is -2.44. The Morgan fingerprint density at radius 3 is 2.72 bits per heavy atom. The Kier molecular flexibility index (Phi) is 6.44. The van der Waals surface area contributed by atoms with Crippen LogP contribution in [0.4, 0.5) is 0 Å². The number of hydrogen-bond acceptors (Lipinski definition) is 5. The quantitative estimate of drug-likeness (QED) is 0.825. The first-order valence-corrected chi connectivity index (χ1v) is 9.42. The molecule has 0 spiro atoms. The van der Waals surface area contributed by atoms with Gasteiger partial charge in [0.15, 0.2) is 6.61 Å². The van der Waals surface area contributed by atoms with Gasteiger partial charge in [-0.05, 0) is 30.5 Å². The molecule has 0 radical (unpaired) electrons. The third kappa shape index (κ3) is 5.29. The number of carbonyl (C=O) groups excluding carboxylic acids is 1. The van der Waals surface area contributed by atoms with Crippen molar-refractivity contribution in [3.63, 3.8) is 0 Å². The van der Waals surface area contributed by atoms with Crippen molar-refractivity contribution in [3.05, 3.63) is 52.2 Å². The van der Waals surface area contributed by atoms with E-state index < -0.39 is 0 Å². The minimum Gasteiger partial charge on any atom is -0.484 e. The Hall–Kier alpha value is -1.89. The van der Waals surface area contributed by atoms with Crippen LogP contribution in [0.2, 0.25) is 0 Å². The zero-order chi connectivity index (χ0) is 17.5. The highest BCUT2D eigenvalue weighted by molar-refractivity contribution is 7.10. The molecule has 0 saturated carbocycles. The summed E-state index contributed by atoms with van der Waals surface area (Å²) in [5, 5.41) is 5.08. The molecule has 1 aliphatic heterocycles. The van der Waals surface area contributed by atoms with Crippen LogP contribution in [-0.4, -0.2) is 50.3 Å². The first kappa shape index (κ1) is 17.9. The van der Waals surface area contributed by atoms with Gasteiger partial charge in [0.25, 0.3) is 5.91 Å². The van der Waals surface area contributed by atoms with Gasteiger partial charge in [0.1, 0.15) is 5.75 Å². The zero-order valence-corrected chi connectivity index (χ0v) is 15.3. The average molecular weight is 360 g/mol. The number of carbonyl (C=O) groups is 1. The monoisotopic (exact) mass is 360 g/mol. The number of nitrogens with zero attached hydrogens (tertiary/aromatic N) is 1. The summed E-state index contributed by atoms with van der Waals surface area (Å²) in [6.45, 7) is 5.89. The van der Waals surface area contributed by atoms with E-state index in [2.05, 4.69) is 27.7 Å². The Morgan fingerprint density at radius 1 is 1.28 bits per heavy atom. The summed E-state index contributed by atoms with van der Waals surface area (Å²) in [6.07, 6.45) is 0. The van der Waals surface area contributed by atoms with Crippen molar-refractivity contribution < 1.29 is 14.3 Å². The molecule has 0 bridgehead atoms. The van der Waals surface area contributed by atoms with Gasteiger partial charge >= 0.3 is 0 Å². The lowest BCUT2D eigenvalue weighted by atomic mass is 10.2. The number of benzene rings is 1. The van der Waals surface area contributed by atoms with Crippen LogP contribution in [0.1, 0.15) is 16.5 Å². The highest BCUT2D eigenvalue weighted by atomic mass is 32.1.